The number of carbonyl (C=O) groups is 2. The number of aliphatic hydroxyl groups is 2. The Hall–Kier alpha value is -2.18. The first-order valence-corrected chi connectivity index (χ1v) is 26.9. The normalized spacial score (nSPS) is 13.6. The molecule has 0 spiro atoms. The monoisotopic (exact) mass is 870 g/mol. The van der Waals surface area contributed by atoms with E-state index in [-0.39, 0.29) is 24.9 Å². The highest BCUT2D eigenvalue weighted by molar-refractivity contribution is 5.77. The van der Waals surface area contributed by atoms with Crippen molar-refractivity contribution in [3.8, 4) is 0 Å². The Labute approximate surface area is 385 Å². The molecule has 3 N–H and O–H groups in total. The van der Waals surface area contributed by atoms with E-state index in [0.717, 1.165) is 83.5 Å². The van der Waals surface area contributed by atoms with E-state index < -0.39 is 18.2 Å². The fourth-order valence-corrected chi connectivity index (χ4v) is 8.13. The van der Waals surface area contributed by atoms with Crippen molar-refractivity contribution < 1.29 is 24.5 Å². The highest BCUT2D eigenvalue weighted by Crippen LogP contribution is 2.18. The molecule has 0 saturated heterocycles. The van der Waals surface area contributed by atoms with Gasteiger partial charge in [-0.15, -0.1) is 0 Å². The second-order valence-electron chi connectivity index (χ2n) is 18.3. The Morgan fingerprint density at radius 2 is 0.871 bits per heavy atom. The fourth-order valence-electron chi connectivity index (χ4n) is 8.13. The average Bonchev–Trinajstić information content (AvgIpc) is 3.26. The first kappa shape index (κ1) is 59.8. The predicted molar refractivity (Wildman–Crippen MR) is 269 cm³/mol. The van der Waals surface area contributed by atoms with E-state index in [9.17, 15) is 19.8 Å². The van der Waals surface area contributed by atoms with Gasteiger partial charge in [0.05, 0.1) is 25.2 Å². The Bertz CT molecular complexity index is 1070. The highest BCUT2D eigenvalue weighted by atomic mass is 16.5. The summed E-state index contributed by atoms with van der Waals surface area (Å²) in [7, 11) is 0. The van der Waals surface area contributed by atoms with Crippen molar-refractivity contribution in [2.24, 2.45) is 0 Å². The van der Waals surface area contributed by atoms with Crippen molar-refractivity contribution in [3.63, 3.8) is 0 Å². The minimum Gasteiger partial charge on any atom is -0.462 e. The maximum Gasteiger partial charge on any atom is 0.306 e. The number of unbranched alkanes of at least 4 members (excludes halogenated alkanes) is 28. The third kappa shape index (κ3) is 44.4. The number of aliphatic hydroxyl groups excluding tert-OH is 2. The first-order chi connectivity index (χ1) is 30.5. The molecular formula is C56H103NO5. The summed E-state index contributed by atoms with van der Waals surface area (Å²) in [6.45, 7) is 6.38. The molecule has 0 aliphatic heterocycles. The number of hydrogen-bond donors (Lipinski definition) is 3. The predicted octanol–water partition coefficient (Wildman–Crippen LogP) is 16.2. The Morgan fingerprint density at radius 1 is 0.484 bits per heavy atom. The van der Waals surface area contributed by atoms with Gasteiger partial charge in [0.15, 0.2) is 0 Å². The van der Waals surface area contributed by atoms with Gasteiger partial charge in [0.2, 0.25) is 5.91 Å². The van der Waals surface area contributed by atoms with Gasteiger partial charge >= 0.3 is 5.97 Å². The quantitative estimate of drug-likeness (QED) is 0.0322. The van der Waals surface area contributed by atoms with Crippen LogP contribution in [-0.2, 0) is 14.3 Å². The number of amides is 1. The zero-order valence-corrected chi connectivity index (χ0v) is 41.3. The van der Waals surface area contributed by atoms with Crippen LogP contribution >= 0.6 is 0 Å². The molecule has 0 aromatic rings. The molecule has 0 aliphatic rings. The van der Waals surface area contributed by atoms with E-state index in [1.807, 2.05) is 0 Å². The van der Waals surface area contributed by atoms with E-state index in [1.54, 1.807) is 0 Å². The second kappa shape index (κ2) is 49.8. The summed E-state index contributed by atoms with van der Waals surface area (Å²) >= 11 is 0. The summed E-state index contributed by atoms with van der Waals surface area (Å²) in [6.07, 6.45) is 60.3. The van der Waals surface area contributed by atoms with Gasteiger partial charge in [0, 0.05) is 6.42 Å². The van der Waals surface area contributed by atoms with Gasteiger partial charge < -0.3 is 20.3 Å². The summed E-state index contributed by atoms with van der Waals surface area (Å²) in [5, 5.41) is 23.8. The van der Waals surface area contributed by atoms with E-state index in [4.69, 9.17) is 4.74 Å². The van der Waals surface area contributed by atoms with Crippen LogP contribution in [0.15, 0.2) is 48.6 Å². The lowest BCUT2D eigenvalue weighted by Gasteiger charge is -2.24. The zero-order chi connectivity index (χ0) is 45.2. The molecule has 1 amide bonds. The molecule has 0 radical (unpaired) electrons. The van der Waals surface area contributed by atoms with E-state index in [0.29, 0.717) is 19.3 Å². The van der Waals surface area contributed by atoms with Crippen LogP contribution < -0.4 is 5.32 Å². The summed E-state index contributed by atoms with van der Waals surface area (Å²) in [5.41, 5.74) is 0. The average molecular weight is 870 g/mol. The van der Waals surface area contributed by atoms with Gasteiger partial charge in [-0.1, -0.05) is 243 Å². The van der Waals surface area contributed by atoms with Crippen molar-refractivity contribution in [1.29, 1.82) is 0 Å². The molecule has 3 unspecified atom stereocenters. The van der Waals surface area contributed by atoms with Crippen LogP contribution in [0.4, 0.5) is 0 Å². The summed E-state index contributed by atoms with van der Waals surface area (Å²) in [6, 6.07) is -0.706. The van der Waals surface area contributed by atoms with E-state index >= 15 is 0 Å². The van der Waals surface area contributed by atoms with Gasteiger partial charge in [0.1, 0.15) is 6.10 Å². The maximum atomic E-state index is 13.2. The van der Waals surface area contributed by atoms with Crippen molar-refractivity contribution in [2.75, 3.05) is 6.61 Å². The third-order valence-corrected chi connectivity index (χ3v) is 12.2. The van der Waals surface area contributed by atoms with Crippen molar-refractivity contribution in [1.82, 2.24) is 5.32 Å². The second-order valence-corrected chi connectivity index (χ2v) is 18.3. The molecule has 0 aliphatic carbocycles. The molecule has 0 fully saturated rings. The number of nitrogens with one attached hydrogen (secondary N) is 1. The molecular weight excluding hydrogens is 767 g/mol. The molecule has 6 nitrogen and oxygen atoms in total. The smallest absolute Gasteiger partial charge is 0.306 e. The Kier molecular flexibility index (Phi) is 48.1. The SMILES string of the molecule is CC/C=C/C/C=C/C/C=C/C/C=C/CCCCCC(=O)OC(CCCCCCCCCCCCC)CC(=O)NC(CO)C(O)CCCCCCCCCCCCCCCCCC. The highest BCUT2D eigenvalue weighted by Gasteiger charge is 2.24. The molecule has 0 aromatic heterocycles. The van der Waals surface area contributed by atoms with E-state index in [2.05, 4.69) is 74.7 Å². The number of rotatable bonds is 48. The lowest BCUT2D eigenvalue weighted by Crippen LogP contribution is -2.46. The van der Waals surface area contributed by atoms with Gasteiger partial charge in [-0.25, -0.2) is 0 Å². The zero-order valence-electron chi connectivity index (χ0n) is 41.3. The molecule has 0 bridgehead atoms. The molecule has 3 atom stereocenters. The van der Waals surface area contributed by atoms with Gasteiger partial charge in [0.25, 0.3) is 0 Å². The number of ether oxygens (including phenoxy) is 1. The first-order valence-electron chi connectivity index (χ1n) is 26.9. The number of hydrogen-bond acceptors (Lipinski definition) is 5. The molecule has 0 heterocycles. The standard InChI is InChI=1S/C56H103NO5/c1-4-7-10-13-16-19-22-24-26-28-30-33-36-39-42-45-48-54(59)53(51-58)57-55(60)50-52(47-44-41-38-35-32-21-18-15-12-9-6-3)62-56(61)49-46-43-40-37-34-31-29-27-25-23-20-17-14-11-8-5-2/h8,11,17,20,25,27,31,34,52-54,58-59H,4-7,9-10,12-16,18-19,21-24,26,28-30,32-33,35-51H2,1-3H3,(H,57,60)/b11-8+,20-17+,27-25+,34-31+. The van der Waals surface area contributed by atoms with Crippen LogP contribution in [0, 0.1) is 0 Å². The molecule has 362 valence electrons. The van der Waals surface area contributed by atoms with Crippen LogP contribution in [0.2, 0.25) is 0 Å². The molecule has 0 saturated carbocycles. The fraction of sp³-hybridized carbons (Fsp3) is 0.821. The molecule has 6 heteroatoms. The molecule has 62 heavy (non-hydrogen) atoms. The number of carbonyl (C=O) groups excluding carboxylic acids is 2. The van der Waals surface area contributed by atoms with Crippen LogP contribution in [0.5, 0.6) is 0 Å². The van der Waals surface area contributed by atoms with Crippen molar-refractivity contribution in [2.45, 2.75) is 289 Å². The summed E-state index contributed by atoms with van der Waals surface area (Å²) in [4.78, 5) is 26.1. The lowest BCUT2D eigenvalue weighted by molar-refractivity contribution is -0.151. The Balaban J connectivity index is 4.53. The van der Waals surface area contributed by atoms with Crippen LogP contribution in [-0.4, -0.2) is 46.9 Å². The molecule has 0 rings (SSSR count). The van der Waals surface area contributed by atoms with Crippen LogP contribution in [0.3, 0.4) is 0 Å². The van der Waals surface area contributed by atoms with Crippen molar-refractivity contribution in [3.05, 3.63) is 48.6 Å². The minimum atomic E-state index is -0.792. The van der Waals surface area contributed by atoms with Gasteiger partial charge in [-0.05, 0) is 64.2 Å². The topological polar surface area (TPSA) is 95.9 Å². The largest absolute Gasteiger partial charge is 0.462 e. The number of allylic oxidation sites excluding steroid dienone is 8. The molecule has 0 aromatic carbocycles. The van der Waals surface area contributed by atoms with Crippen molar-refractivity contribution >= 4 is 11.9 Å². The Morgan fingerprint density at radius 3 is 1.31 bits per heavy atom. The lowest BCUT2D eigenvalue weighted by atomic mass is 10.0. The number of esters is 1. The van der Waals surface area contributed by atoms with Crippen LogP contribution in [0.1, 0.15) is 271 Å². The van der Waals surface area contributed by atoms with E-state index in [1.165, 1.54) is 141 Å². The van der Waals surface area contributed by atoms with Gasteiger partial charge in [-0.3, -0.25) is 9.59 Å². The summed E-state index contributed by atoms with van der Waals surface area (Å²) < 4.78 is 5.92. The minimum absolute atomic E-state index is 0.0671. The third-order valence-electron chi connectivity index (χ3n) is 12.2. The maximum absolute atomic E-state index is 13.2. The van der Waals surface area contributed by atoms with Gasteiger partial charge in [-0.2, -0.15) is 0 Å². The summed E-state index contributed by atoms with van der Waals surface area (Å²) in [5.74, 6) is -0.502. The van der Waals surface area contributed by atoms with Crippen LogP contribution in [0.25, 0.3) is 0 Å².